The summed E-state index contributed by atoms with van der Waals surface area (Å²) in [5.74, 6) is 0.214. The van der Waals surface area contributed by atoms with Crippen LogP contribution >= 0.6 is 11.8 Å². The van der Waals surface area contributed by atoms with Gasteiger partial charge in [0, 0.05) is 11.4 Å². The lowest BCUT2D eigenvalue weighted by Gasteiger charge is -2.47. The third-order valence-corrected chi connectivity index (χ3v) is 5.75. The number of carbonyl (C=O) groups is 1. The maximum absolute atomic E-state index is 12.9. The van der Waals surface area contributed by atoms with Crippen LogP contribution in [0.1, 0.15) is 17.2 Å². The van der Waals surface area contributed by atoms with Crippen molar-refractivity contribution in [2.75, 3.05) is 0 Å². The van der Waals surface area contributed by atoms with Gasteiger partial charge in [-0.2, -0.15) is 0 Å². The van der Waals surface area contributed by atoms with Crippen molar-refractivity contribution >= 4 is 17.7 Å². The Kier molecular flexibility index (Phi) is 4.57. The molecule has 0 unspecified atom stereocenters. The van der Waals surface area contributed by atoms with Crippen molar-refractivity contribution in [3.63, 3.8) is 0 Å². The molecule has 0 bridgehead atoms. The lowest BCUT2D eigenvalue weighted by molar-refractivity contribution is -0.146. The van der Waals surface area contributed by atoms with Crippen LogP contribution in [0, 0.1) is 0 Å². The Morgan fingerprint density at radius 3 is 1.96 bits per heavy atom. The average molecular weight is 345 g/mol. The Hall–Kier alpha value is -2.52. The summed E-state index contributed by atoms with van der Waals surface area (Å²) in [6.07, 6.45) is 0. The summed E-state index contributed by atoms with van der Waals surface area (Å²) < 4.78 is 0. The molecule has 1 amide bonds. The van der Waals surface area contributed by atoms with Gasteiger partial charge in [0.05, 0.1) is 6.04 Å². The van der Waals surface area contributed by atoms with Crippen molar-refractivity contribution in [2.24, 2.45) is 0 Å². The van der Waals surface area contributed by atoms with Crippen molar-refractivity contribution in [1.29, 1.82) is 0 Å². The van der Waals surface area contributed by atoms with Crippen molar-refractivity contribution < 1.29 is 4.79 Å². The normalized spacial score (nSPS) is 19.5. The zero-order valence-electron chi connectivity index (χ0n) is 13.8. The molecule has 0 aromatic heterocycles. The van der Waals surface area contributed by atoms with Gasteiger partial charge in [-0.05, 0) is 23.3 Å². The molecule has 1 heterocycles. The largest absolute Gasteiger partial charge is 0.329 e. The number of thioether (sulfide) groups is 1. The van der Waals surface area contributed by atoms with Crippen molar-refractivity contribution in [3.05, 3.63) is 102 Å². The third kappa shape index (κ3) is 3.33. The molecule has 0 spiro atoms. The molecule has 3 heteroatoms. The van der Waals surface area contributed by atoms with Gasteiger partial charge in [-0.1, -0.05) is 78.9 Å². The molecule has 3 aromatic carbocycles. The highest BCUT2D eigenvalue weighted by molar-refractivity contribution is 8.00. The first kappa shape index (κ1) is 16.0. The molecular weight excluding hydrogens is 326 g/mol. The number of hydrogen-bond donors (Lipinski definition) is 0. The van der Waals surface area contributed by atoms with Gasteiger partial charge in [0.1, 0.15) is 5.25 Å². The van der Waals surface area contributed by atoms with Crippen LogP contribution in [-0.4, -0.2) is 16.1 Å². The van der Waals surface area contributed by atoms with E-state index in [9.17, 15) is 4.79 Å². The van der Waals surface area contributed by atoms with Crippen LogP contribution < -0.4 is 0 Å². The fraction of sp³-hybridized carbons (Fsp3) is 0.136. The molecule has 1 fully saturated rings. The monoisotopic (exact) mass is 345 g/mol. The molecule has 3 aromatic rings. The number of benzene rings is 3. The van der Waals surface area contributed by atoms with E-state index in [1.54, 1.807) is 11.8 Å². The molecule has 124 valence electrons. The first-order chi connectivity index (χ1) is 12.3. The number of carbonyl (C=O) groups excluding carboxylic acids is 1. The smallest absolute Gasteiger partial charge is 0.239 e. The van der Waals surface area contributed by atoms with E-state index in [-0.39, 0.29) is 17.2 Å². The van der Waals surface area contributed by atoms with Crippen LogP contribution in [0.15, 0.2) is 95.9 Å². The Morgan fingerprint density at radius 1 is 0.760 bits per heavy atom. The van der Waals surface area contributed by atoms with Gasteiger partial charge >= 0.3 is 0 Å². The van der Waals surface area contributed by atoms with Crippen molar-refractivity contribution in [3.8, 4) is 0 Å². The van der Waals surface area contributed by atoms with E-state index in [1.807, 2.05) is 59.5 Å². The van der Waals surface area contributed by atoms with Crippen molar-refractivity contribution in [2.45, 2.75) is 22.7 Å². The summed E-state index contributed by atoms with van der Waals surface area (Å²) in [5.41, 5.74) is 2.37. The highest BCUT2D eigenvalue weighted by Gasteiger charge is 2.48. The van der Waals surface area contributed by atoms with E-state index in [4.69, 9.17) is 0 Å². The van der Waals surface area contributed by atoms with Crippen LogP contribution in [0.5, 0.6) is 0 Å². The summed E-state index contributed by atoms with van der Waals surface area (Å²) in [7, 11) is 0. The van der Waals surface area contributed by atoms with Gasteiger partial charge in [-0.25, -0.2) is 0 Å². The lowest BCUT2D eigenvalue weighted by Crippen LogP contribution is -2.56. The summed E-state index contributed by atoms with van der Waals surface area (Å²) in [5, 5.41) is -0.0616. The Bertz CT molecular complexity index is 784. The Balaban J connectivity index is 1.60. The zero-order chi connectivity index (χ0) is 17.1. The molecule has 25 heavy (non-hydrogen) atoms. The molecule has 0 aliphatic carbocycles. The lowest BCUT2D eigenvalue weighted by atomic mass is 9.92. The van der Waals surface area contributed by atoms with Crippen LogP contribution in [0.4, 0.5) is 0 Å². The second-order valence-electron chi connectivity index (χ2n) is 6.16. The minimum absolute atomic E-state index is 0.0616. The number of nitrogens with zero attached hydrogens (tertiary/aromatic N) is 1. The number of likely N-dealkylation sites (tertiary alicyclic amines) is 1. The first-order valence-corrected chi connectivity index (χ1v) is 9.32. The molecule has 1 aliphatic rings. The van der Waals surface area contributed by atoms with Gasteiger partial charge in [0.2, 0.25) is 5.91 Å². The zero-order valence-corrected chi connectivity index (χ0v) is 14.6. The summed E-state index contributed by atoms with van der Waals surface area (Å²) in [4.78, 5) is 16.0. The van der Waals surface area contributed by atoms with E-state index in [0.29, 0.717) is 6.54 Å². The van der Waals surface area contributed by atoms with Gasteiger partial charge in [-0.15, -0.1) is 11.8 Å². The minimum Gasteiger partial charge on any atom is -0.329 e. The molecule has 1 aliphatic heterocycles. The van der Waals surface area contributed by atoms with Gasteiger partial charge < -0.3 is 4.90 Å². The van der Waals surface area contributed by atoms with Crippen LogP contribution in [-0.2, 0) is 11.3 Å². The molecule has 1 saturated heterocycles. The second-order valence-corrected chi connectivity index (χ2v) is 7.37. The fourth-order valence-corrected chi connectivity index (χ4v) is 4.52. The molecule has 4 rings (SSSR count). The fourth-order valence-electron chi connectivity index (χ4n) is 3.24. The van der Waals surface area contributed by atoms with E-state index >= 15 is 0 Å². The maximum Gasteiger partial charge on any atom is 0.239 e. The quantitative estimate of drug-likeness (QED) is 0.611. The van der Waals surface area contributed by atoms with E-state index < -0.39 is 0 Å². The van der Waals surface area contributed by atoms with Crippen molar-refractivity contribution in [1.82, 2.24) is 4.90 Å². The first-order valence-electron chi connectivity index (χ1n) is 8.44. The Morgan fingerprint density at radius 2 is 1.32 bits per heavy atom. The Labute approximate surface area is 152 Å². The number of rotatable bonds is 5. The minimum atomic E-state index is -0.0616. The highest BCUT2D eigenvalue weighted by Crippen LogP contribution is 2.45. The van der Waals surface area contributed by atoms with Gasteiger partial charge in [-0.3, -0.25) is 4.79 Å². The van der Waals surface area contributed by atoms with Crippen LogP contribution in [0.2, 0.25) is 0 Å². The summed E-state index contributed by atoms with van der Waals surface area (Å²) in [6, 6.07) is 30.8. The molecule has 0 N–H and O–H groups in total. The standard InChI is InChI=1S/C22H19NOS/c24-22-21(25-19-14-8-3-9-15-19)20(18-12-6-2-7-13-18)23(22)16-17-10-4-1-5-11-17/h1-15,20-21H,16H2/t20-,21-/m0/s1. The SMILES string of the molecule is O=C1[C@@H](Sc2ccccc2)[C@H](c2ccccc2)N1Cc1ccccc1. The van der Waals surface area contributed by atoms with E-state index in [0.717, 1.165) is 4.90 Å². The van der Waals surface area contributed by atoms with Gasteiger partial charge in [0.25, 0.3) is 0 Å². The van der Waals surface area contributed by atoms with Crippen LogP contribution in [0.25, 0.3) is 0 Å². The molecule has 2 nitrogen and oxygen atoms in total. The van der Waals surface area contributed by atoms with E-state index in [1.165, 1.54) is 11.1 Å². The third-order valence-electron chi connectivity index (χ3n) is 4.49. The number of amides is 1. The van der Waals surface area contributed by atoms with Gasteiger partial charge in [0.15, 0.2) is 0 Å². The number of β-lactam (4-membered cyclic amide) rings is 1. The molecule has 2 atom stereocenters. The maximum atomic E-state index is 12.9. The number of hydrogen-bond acceptors (Lipinski definition) is 2. The summed E-state index contributed by atoms with van der Waals surface area (Å²) in [6.45, 7) is 0.658. The highest BCUT2D eigenvalue weighted by atomic mass is 32.2. The average Bonchev–Trinajstić information content (AvgIpc) is 2.69. The molecular formula is C22H19NOS. The topological polar surface area (TPSA) is 20.3 Å². The van der Waals surface area contributed by atoms with E-state index in [2.05, 4.69) is 36.4 Å². The van der Waals surface area contributed by atoms with Crippen LogP contribution in [0.3, 0.4) is 0 Å². The molecule has 0 saturated carbocycles. The molecule has 0 radical (unpaired) electrons. The summed E-state index contributed by atoms with van der Waals surface area (Å²) >= 11 is 1.66. The predicted molar refractivity (Wildman–Crippen MR) is 102 cm³/mol. The second kappa shape index (κ2) is 7.16. The predicted octanol–water partition coefficient (Wildman–Crippen LogP) is 4.93.